The number of hydrogen-bond acceptors (Lipinski definition) is 3. The highest BCUT2D eigenvalue weighted by Gasteiger charge is 2.14. The van der Waals surface area contributed by atoms with Crippen LogP contribution in [0.2, 0.25) is 5.02 Å². The van der Waals surface area contributed by atoms with E-state index in [1.807, 2.05) is 26.0 Å². The first-order valence-electron chi connectivity index (χ1n) is 6.35. The predicted octanol–water partition coefficient (Wildman–Crippen LogP) is 3.24. The lowest BCUT2D eigenvalue weighted by Crippen LogP contribution is -2.29. The molecule has 0 saturated heterocycles. The number of nitrogens with two attached hydrogens (primary N) is 1. The van der Waals surface area contributed by atoms with Crippen LogP contribution in [0.1, 0.15) is 28.6 Å². The van der Waals surface area contributed by atoms with Gasteiger partial charge in [-0.3, -0.25) is 16.3 Å². The van der Waals surface area contributed by atoms with E-state index in [1.54, 1.807) is 6.07 Å². The van der Waals surface area contributed by atoms with Crippen LogP contribution < -0.4 is 11.3 Å². The van der Waals surface area contributed by atoms with Crippen LogP contribution in [-0.2, 0) is 6.42 Å². The Labute approximate surface area is 122 Å². The molecule has 1 atom stereocenters. The van der Waals surface area contributed by atoms with E-state index >= 15 is 0 Å². The van der Waals surface area contributed by atoms with Crippen molar-refractivity contribution in [1.82, 2.24) is 10.4 Å². The number of hydrogen-bond donors (Lipinski definition) is 2. The normalized spacial score (nSPS) is 12.4. The van der Waals surface area contributed by atoms with Crippen molar-refractivity contribution in [3.05, 3.63) is 63.7 Å². The monoisotopic (exact) mass is 293 g/mol. The third-order valence-corrected chi connectivity index (χ3v) is 3.50. The van der Waals surface area contributed by atoms with Crippen molar-refractivity contribution < 1.29 is 4.39 Å². The quantitative estimate of drug-likeness (QED) is 0.672. The molecule has 0 radical (unpaired) electrons. The summed E-state index contributed by atoms with van der Waals surface area (Å²) in [4.78, 5) is 4.34. The molecule has 2 aromatic rings. The highest BCUT2D eigenvalue weighted by atomic mass is 35.5. The fourth-order valence-corrected chi connectivity index (χ4v) is 2.49. The molecule has 0 saturated carbocycles. The van der Waals surface area contributed by atoms with E-state index < -0.39 is 0 Å². The van der Waals surface area contributed by atoms with E-state index in [-0.39, 0.29) is 11.9 Å². The summed E-state index contributed by atoms with van der Waals surface area (Å²) in [6, 6.07) is 8.26. The van der Waals surface area contributed by atoms with Crippen LogP contribution in [0, 0.1) is 19.7 Å². The largest absolute Gasteiger partial charge is 0.271 e. The zero-order valence-corrected chi connectivity index (χ0v) is 12.2. The second-order valence-corrected chi connectivity index (χ2v) is 5.25. The van der Waals surface area contributed by atoms with Crippen LogP contribution in [0.15, 0.2) is 30.3 Å². The van der Waals surface area contributed by atoms with Crippen LogP contribution in [0.3, 0.4) is 0 Å². The average molecular weight is 294 g/mol. The van der Waals surface area contributed by atoms with Gasteiger partial charge in [0.2, 0.25) is 0 Å². The topological polar surface area (TPSA) is 50.9 Å². The second kappa shape index (κ2) is 6.31. The number of benzene rings is 1. The highest BCUT2D eigenvalue weighted by Crippen LogP contribution is 2.24. The Kier molecular flexibility index (Phi) is 4.70. The third kappa shape index (κ3) is 3.54. The van der Waals surface area contributed by atoms with Gasteiger partial charge in [0.05, 0.1) is 6.04 Å². The zero-order chi connectivity index (χ0) is 14.7. The molecule has 0 bridgehead atoms. The maximum atomic E-state index is 13.1. The third-order valence-electron chi connectivity index (χ3n) is 3.15. The molecule has 0 spiro atoms. The van der Waals surface area contributed by atoms with Crippen LogP contribution in [0.25, 0.3) is 0 Å². The first-order chi connectivity index (χ1) is 9.49. The van der Waals surface area contributed by atoms with Crippen molar-refractivity contribution in [3.63, 3.8) is 0 Å². The summed E-state index contributed by atoms with van der Waals surface area (Å²) in [7, 11) is 0. The number of halogens is 2. The number of aryl methyl sites for hydroxylation is 2. The molecule has 2 rings (SSSR count). The summed E-state index contributed by atoms with van der Waals surface area (Å²) in [5.74, 6) is 5.30. The lowest BCUT2D eigenvalue weighted by Gasteiger charge is -2.18. The molecule has 3 nitrogen and oxygen atoms in total. The second-order valence-electron chi connectivity index (χ2n) is 4.84. The highest BCUT2D eigenvalue weighted by molar-refractivity contribution is 6.31. The summed E-state index contributed by atoms with van der Waals surface area (Å²) in [5, 5.41) is 0.410. The Morgan fingerprint density at radius 3 is 2.45 bits per heavy atom. The van der Waals surface area contributed by atoms with Gasteiger partial charge in [0.1, 0.15) is 5.82 Å². The molecule has 1 unspecified atom stereocenters. The van der Waals surface area contributed by atoms with E-state index in [9.17, 15) is 4.39 Å². The minimum absolute atomic E-state index is 0.0987. The Balaban J connectivity index is 2.28. The van der Waals surface area contributed by atoms with Gasteiger partial charge in [0.25, 0.3) is 0 Å². The van der Waals surface area contributed by atoms with E-state index in [0.717, 1.165) is 22.5 Å². The maximum absolute atomic E-state index is 13.1. The first kappa shape index (κ1) is 14.9. The molecule has 0 aliphatic carbocycles. The SMILES string of the molecule is Cc1cc(C(Cc2ccc(F)cc2Cl)NN)cc(C)n1. The zero-order valence-electron chi connectivity index (χ0n) is 11.5. The van der Waals surface area contributed by atoms with E-state index in [2.05, 4.69) is 10.4 Å². The molecule has 1 aromatic carbocycles. The summed E-state index contributed by atoms with van der Waals surface area (Å²) < 4.78 is 13.1. The Morgan fingerprint density at radius 2 is 1.90 bits per heavy atom. The fourth-order valence-electron chi connectivity index (χ4n) is 2.25. The van der Waals surface area contributed by atoms with Crippen molar-refractivity contribution in [2.24, 2.45) is 5.84 Å². The molecule has 3 N–H and O–H groups in total. The number of rotatable bonds is 4. The predicted molar refractivity (Wildman–Crippen MR) is 78.9 cm³/mol. The Bertz CT molecular complexity index is 596. The van der Waals surface area contributed by atoms with Crippen LogP contribution in [-0.4, -0.2) is 4.98 Å². The fraction of sp³-hybridized carbons (Fsp3) is 0.267. The van der Waals surface area contributed by atoms with Gasteiger partial charge in [-0.25, -0.2) is 4.39 Å². The van der Waals surface area contributed by atoms with Gasteiger partial charge in [-0.2, -0.15) is 0 Å². The maximum Gasteiger partial charge on any atom is 0.124 e. The summed E-state index contributed by atoms with van der Waals surface area (Å²) in [5.41, 5.74) is 6.54. The van der Waals surface area contributed by atoms with Gasteiger partial charge < -0.3 is 0 Å². The number of pyridine rings is 1. The molecule has 0 fully saturated rings. The minimum atomic E-state index is -0.341. The van der Waals surface area contributed by atoms with Crippen LogP contribution in [0.4, 0.5) is 4.39 Å². The number of hydrazine groups is 1. The molecule has 1 aromatic heterocycles. The standard InChI is InChI=1S/C15H17ClFN3/c1-9-5-12(6-10(2)19-9)15(20-18)7-11-3-4-13(17)8-14(11)16/h3-6,8,15,20H,7,18H2,1-2H3. The number of nitrogens with one attached hydrogen (secondary N) is 1. The van der Waals surface area contributed by atoms with Gasteiger partial charge in [0.15, 0.2) is 0 Å². The van der Waals surface area contributed by atoms with E-state index in [4.69, 9.17) is 17.4 Å². The molecule has 106 valence electrons. The lowest BCUT2D eigenvalue weighted by molar-refractivity contribution is 0.549. The van der Waals surface area contributed by atoms with Crippen molar-refractivity contribution >= 4 is 11.6 Å². The van der Waals surface area contributed by atoms with E-state index in [1.165, 1.54) is 12.1 Å². The van der Waals surface area contributed by atoms with Crippen molar-refractivity contribution in [1.29, 1.82) is 0 Å². The molecular formula is C15H17ClFN3. The molecule has 5 heteroatoms. The summed E-state index contributed by atoms with van der Waals surface area (Å²) in [6.45, 7) is 3.88. The molecule has 20 heavy (non-hydrogen) atoms. The van der Waals surface area contributed by atoms with Crippen molar-refractivity contribution in [2.45, 2.75) is 26.3 Å². The van der Waals surface area contributed by atoms with Gasteiger partial charge >= 0.3 is 0 Å². The first-order valence-corrected chi connectivity index (χ1v) is 6.72. The molecular weight excluding hydrogens is 277 g/mol. The van der Waals surface area contributed by atoms with Gasteiger partial charge in [-0.05, 0) is 55.7 Å². The van der Waals surface area contributed by atoms with Crippen molar-refractivity contribution in [2.75, 3.05) is 0 Å². The number of aromatic nitrogens is 1. The van der Waals surface area contributed by atoms with Gasteiger partial charge in [-0.1, -0.05) is 17.7 Å². The van der Waals surface area contributed by atoms with Gasteiger partial charge in [0, 0.05) is 16.4 Å². The smallest absolute Gasteiger partial charge is 0.124 e. The Hall–Kier alpha value is -1.49. The molecule has 0 aliphatic heterocycles. The van der Waals surface area contributed by atoms with Crippen LogP contribution >= 0.6 is 11.6 Å². The number of nitrogens with zero attached hydrogens (tertiary/aromatic N) is 1. The van der Waals surface area contributed by atoms with Crippen LogP contribution in [0.5, 0.6) is 0 Å². The minimum Gasteiger partial charge on any atom is -0.271 e. The molecule has 1 heterocycles. The van der Waals surface area contributed by atoms with Crippen molar-refractivity contribution in [3.8, 4) is 0 Å². The van der Waals surface area contributed by atoms with Gasteiger partial charge in [-0.15, -0.1) is 0 Å². The summed E-state index contributed by atoms with van der Waals surface area (Å²) in [6.07, 6.45) is 0.582. The lowest BCUT2D eigenvalue weighted by atomic mass is 9.99. The van der Waals surface area contributed by atoms with E-state index in [0.29, 0.717) is 11.4 Å². The molecule has 0 amide bonds. The summed E-state index contributed by atoms with van der Waals surface area (Å²) >= 11 is 6.06. The molecule has 0 aliphatic rings. The Morgan fingerprint density at radius 1 is 1.25 bits per heavy atom. The average Bonchev–Trinajstić information content (AvgIpc) is 2.36.